The van der Waals surface area contributed by atoms with Gasteiger partial charge in [0.05, 0.1) is 0 Å². The molecule has 0 saturated carbocycles. The highest BCUT2D eigenvalue weighted by Crippen LogP contribution is 2.29. The normalized spacial score (nSPS) is 18.0. The molecule has 0 spiro atoms. The quantitative estimate of drug-likeness (QED) is 0.596. The summed E-state index contributed by atoms with van der Waals surface area (Å²) < 4.78 is 0. The molecule has 1 fully saturated rings. The Morgan fingerprint density at radius 3 is 2.10 bits per heavy atom. The average molecular weight is 422 g/mol. The Labute approximate surface area is 181 Å². The molecule has 162 valence electrons. The molecule has 2 aromatic rings. The minimum Gasteiger partial charge on any atom is -0.326 e. The summed E-state index contributed by atoms with van der Waals surface area (Å²) in [6, 6.07) is 13.5. The van der Waals surface area contributed by atoms with Crippen molar-refractivity contribution in [1.82, 2.24) is 10.2 Å². The first kappa shape index (κ1) is 22.0. The van der Waals surface area contributed by atoms with Crippen LogP contribution in [0.1, 0.15) is 38.3 Å². The summed E-state index contributed by atoms with van der Waals surface area (Å²) in [5, 5.41) is 8.00. The van der Waals surface area contributed by atoms with E-state index in [0.29, 0.717) is 16.9 Å². The van der Waals surface area contributed by atoms with Crippen LogP contribution in [0.2, 0.25) is 0 Å². The van der Waals surface area contributed by atoms with Crippen LogP contribution in [-0.4, -0.2) is 35.2 Å². The minimum absolute atomic E-state index is 0.196. The number of urea groups is 1. The van der Waals surface area contributed by atoms with Crippen LogP contribution < -0.4 is 16.0 Å². The Morgan fingerprint density at radius 1 is 0.968 bits per heavy atom. The Balaban J connectivity index is 1.66. The highest BCUT2D eigenvalue weighted by molar-refractivity contribution is 6.10. The molecule has 0 bridgehead atoms. The van der Waals surface area contributed by atoms with E-state index in [1.165, 1.54) is 6.92 Å². The molecule has 0 unspecified atom stereocenters. The molecule has 31 heavy (non-hydrogen) atoms. The summed E-state index contributed by atoms with van der Waals surface area (Å²) >= 11 is 0. The zero-order valence-corrected chi connectivity index (χ0v) is 17.8. The number of hydrogen-bond acceptors (Lipinski definition) is 4. The smallest absolute Gasteiger partial charge is 0.325 e. The highest BCUT2D eigenvalue weighted by atomic mass is 16.2. The van der Waals surface area contributed by atoms with Crippen LogP contribution in [0.15, 0.2) is 48.5 Å². The van der Waals surface area contributed by atoms with E-state index >= 15 is 0 Å². The summed E-state index contributed by atoms with van der Waals surface area (Å²) in [6.07, 6.45) is 1.96. The Hall–Kier alpha value is -3.68. The van der Waals surface area contributed by atoms with E-state index in [1.54, 1.807) is 31.2 Å². The molecule has 1 aliphatic heterocycles. The van der Waals surface area contributed by atoms with Crippen LogP contribution in [0, 0.1) is 0 Å². The number of nitrogens with zero attached hydrogens (tertiary/aromatic N) is 1. The van der Waals surface area contributed by atoms with E-state index in [2.05, 4.69) is 22.9 Å². The monoisotopic (exact) mass is 422 g/mol. The van der Waals surface area contributed by atoms with Gasteiger partial charge >= 0.3 is 6.03 Å². The zero-order valence-electron chi connectivity index (χ0n) is 17.8. The van der Waals surface area contributed by atoms with E-state index < -0.39 is 29.9 Å². The van der Waals surface area contributed by atoms with Crippen molar-refractivity contribution in [3.63, 3.8) is 0 Å². The second-order valence-electron chi connectivity index (χ2n) is 7.70. The minimum atomic E-state index is -1.22. The summed E-state index contributed by atoms with van der Waals surface area (Å²) in [7, 11) is 0. The van der Waals surface area contributed by atoms with E-state index in [1.807, 2.05) is 24.3 Å². The van der Waals surface area contributed by atoms with Gasteiger partial charge in [-0.2, -0.15) is 0 Å². The number of benzene rings is 2. The zero-order chi connectivity index (χ0) is 22.6. The van der Waals surface area contributed by atoms with E-state index in [0.717, 1.165) is 23.3 Å². The molecule has 0 aromatic heterocycles. The number of imide groups is 1. The number of carbonyl (C=O) groups is 4. The first-order valence-electron chi connectivity index (χ1n) is 10.1. The van der Waals surface area contributed by atoms with Crippen molar-refractivity contribution >= 4 is 35.1 Å². The average Bonchev–Trinajstić information content (AvgIpc) is 2.94. The van der Waals surface area contributed by atoms with Crippen molar-refractivity contribution in [3.8, 4) is 0 Å². The number of amides is 5. The predicted octanol–water partition coefficient (Wildman–Crippen LogP) is 3.00. The molecule has 1 aliphatic rings. The molecule has 1 atom stereocenters. The molecule has 1 heterocycles. The van der Waals surface area contributed by atoms with Crippen molar-refractivity contribution in [2.45, 2.75) is 39.2 Å². The van der Waals surface area contributed by atoms with Gasteiger partial charge in [0, 0.05) is 18.3 Å². The molecule has 0 aliphatic carbocycles. The highest BCUT2D eigenvalue weighted by Gasteiger charge is 2.49. The first-order chi connectivity index (χ1) is 14.7. The Bertz CT molecular complexity index is 1000. The van der Waals surface area contributed by atoms with Gasteiger partial charge in [0.2, 0.25) is 11.8 Å². The van der Waals surface area contributed by atoms with Gasteiger partial charge in [0.25, 0.3) is 5.91 Å². The van der Waals surface area contributed by atoms with Gasteiger partial charge in [-0.25, -0.2) is 4.79 Å². The summed E-state index contributed by atoms with van der Waals surface area (Å²) in [5.74, 6) is -1.17. The number of nitrogens with one attached hydrogen (secondary N) is 3. The number of rotatable bonds is 7. The molecule has 8 heteroatoms. The molecule has 2 aromatic carbocycles. The Kier molecular flexibility index (Phi) is 6.39. The van der Waals surface area contributed by atoms with Gasteiger partial charge in [0.15, 0.2) is 0 Å². The maximum absolute atomic E-state index is 13.0. The number of anilines is 2. The number of aryl methyl sites for hydroxylation is 1. The molecule has 0 radical (unpaired) electrons. The standard InChI is InChI=1S/C23H26N4O4/c1-4-5-16-6-8-17(9-7-16)23(3)21(30)27(22(31)26-23)14-20(29)25-19-12-10-18(11-13-19)24-15(2)28/h6-13H,4-5,14H2,1-3H3,(H,24,28)(H,25,29)(H,26,31)/t23-/m0/s1. The summed E-state index contributed by atoms with van der Waals surface area (Å²) in [6.45, 7) is 4.74. The van der Waals surface area contributed by atoms with Crippen LogP contribution >= 0.6 is 0 Å². The van der Waals surface area contributed by atoms with E-state index in [-0.39, 0.29) is 5.91 Å². The SMILES string of the molecule is CCCc1ccc([C@]2(C)NC(=O)N(CC(=O)Nc3ccc(NC(C)=O)cc3)C2=O)cc1. The molecule has 5 amide bonds. The van der Waals surface area contributed by atoms with Crippen LogP contribution in [-0.2, 0) is 26.3 Å². The van der Waals surface area contributed by atoms with Gasteiger partial charge in [-0.3, -0.25) is 19.3 Å². The Morgan fingerprint density at radius 2 is 1.55 bits per heavy atom. The molecule has 3 rings (SSSR count). The van der Waals surface area contributed by atoms with E-state index in [9.17, 15) is 19.2 Å². The maximum atomic E-state index is 13.0. The lowest BCUT2D eigenvalue weighted by Gasteiger charge is -2.22. The third-order valence-electron chi connectivity index (χ3n) is 5.14. The lowest BCUT2D eigenvalue weighted by molar-refractivity contribution is -0.133. The van der Waals surface area contributed by atoms with Gasteiger partial charge in [-0.1, -0.05) is 37.6 Å². The van der Waals surface area contributed by atoms with Crippen LogP contribution in [0.3, 0.4) is 0 Å². The second kappa shape index (κ2) is 8.99. The molecule has 8 nitrogen and oxygen atoms in total. The van der Waals surface area contributed by atoms with Crippen molar-refractivity contribution in [1.29, 1.82) is 0 Å². The molecular weight excluding hydrogens is 396 g/mol. The lowest BCUT2D eigenvalue weighted by Crippen LogP contribution is -2.42. The van der Waals surface area contributed by atoms with Crippen LogP contribution in [0.5, 0.6) is 0 Å². The van der Waals surface area contributed by atoms with Crippen molar-refractivity contribution in [2.24, 2.45) is 0 Å². The topological polar surface area (TPSA) is 108 Å². The van der Waals surface area contributed by atoms with Gasteiger partial charge < -0.3 is 16.0 Å². The van der Waals surface area contributed by atoms with Crippen molar-refractivity contribution in [2.75, 3.05) is 17.2 Å². The fourth-order valence-electron chi connectivity index (χ4n) is 3.51. The summed E-state index contributed by atoms with van der Waals surface area (Å²) in [5.41, 5.74) is 1.69. The van der Waals surface area contributed by atoms with Crippen LogP contribution in [0.25, 0.3) is 0 Å². The fraction of sp³-hybridized carbons (Fsp3) is 0.304. The van der Waals surface area contributed by atoms with Gasteiger partial charge in [0.1, 0.15) is 12.1 Å². The van der Waals surface area contributed by atoms with Crippen LogP contribution in [0.4, 0.5) is 16.2 Å². The molecule has 3 N–H and O–H groups in total. The van der Waals surface area contributed by atoms with Crippen molar-refractivity contribution in [3.05, 3.63) is 59.7 Å². The van der Waals surface area contributed by atoms with E-state index in [4.69, 9.17) is 0 Å². The van der Waals surface area contributed by atoms with Gasteiger partial charge in [-0.05, 0) is 48.7 Å². The predicted molar refractivity (Wildman–Crippen MR) is 117 cm³/mol. The first-order valence-corrected chi connectivity index (χ1v) is 10.1. The van der Waals surface area contributed by atoms with Crippen molar-refractivity contribution < 1.29 is 19.2 Å². The maximum Gasteiger partial charge on any atom is 0.325 e. The third-order valence-corrected chi connectivity index (χ3v) is 5.14. The molecule has 1 saturated heterocycles. The number of hydrogen-bond donors (Lipinski definition) is 3. The summed E-state index contributed by atoms with van der Waals surface area (Å²) in [4.78, 5) is 49.9. The van der Waals surface area contributed by atoms with Gasteiger partial charge in [-0.15, -0.1) is 0 Å². The second-order valence-corrected chi connectivity index (χ2v) is 7.70. The fourth-order valence-corrected chi connectivity index (χ4v) is 3.51. The number of carbonyl (C=O) groups excluding carboxylic acids is 4. The molecular formula is C23H26N4O4. The lowest BCUT2D eigenvalue weighted by atomic mass is 9.91. The third kappa shape index (κ3) is 4.91. The largest absolute Gasteiger partial charge is 0.326 e.